The summed E-state index contributed by atoms with van der Waals surface area (Å²) in [7, 11) is 0. The van der Waals surface area contributed by atoms with E-state index in [4.69, 9.17) is 5.11 Å². The molecule has 1 heteroatoms. The number of allylic oxidation sites excluding steroid dienone is 1. The Labute approximate surface area is 57.4 Å². The largest absolute Gasteiger partial charge is 0.513 e. The van der Waals surface area contributed by atoms with Gasteiger partial charge < -0.3 is 5.11 Å². The van der Waals surface area contributed by atoms with Gasteiger partial charge >= 0.3 is 0 Å². The van der Waals surface area contributed by atoms with Gasteiger partial charge in [-0.1, -0.05) is 33.8 Å². The van der Waals surface area contributed by atoms with Crippen molar-refractivity contribution in [2.24, 2.45) is 11.8 Å². The zero-order valence-corrected chi connectivity index (χ0v) is 6.52. The second-order valence-corrected chi connectivity index (χ2v) is 2.67. The van der Waals surface area contributed by atoms with Crippen molar-refractivity contribution in [2.75, 3.05) is 0 Å². The van der Waals surface area contributed by atoms with E-state index in [-0.39, 0.29) is 5.92 Å². The first-order chi connectivity index (χ1) is 4.09. The van der Waals surface area contributed by atoms with Gasteiger partial charge in [0.25, 0.3) is 0 Å². The molecular formula is C8H16O. The highest BCUT2D eigenvalue weighted by Crippen LogP contribution is 2.18. The number of aliphatic hydroxyl groups is 1. The summed E-state index contributed by atoms with van der Waals surface area (Å²) < 4.78 is 0. The van der Waals surface area contributed by atoms with Gasteiger partial charge in [0.05, 0.1) is 5.76 Å². The maximum Gasteiger partial charge on any atom is 0.0881 e. The molecule has 0 spiro atoms. The average molecular weight is 128 g/mol. The fourth-order valence-electron chi connectivity index (χ4n) is 0.682. The fourth-order valence-corrected chi connectivity index (χ4v) is 0.682. The molecular weight excluding hydrogens is 112 g/mol. The molecule has 0 aliphatic rings. The van der Waals surface area contributed by atoms with E-state index in [1.165, 1.54) is 0 Å². The molecule has 0 aromatic heterocycles. The van der Waals surface area contributed by atoms with Crippen molar-refractivity contribution in [3.8, 4) is 0 Å². The van der Waals surface area contributed by atoms with Crippen molar-refractivity contribution in [3.05, 3.63) is 12.3 Å². The molecule has 2 unspecified atom stereocenters. The van der Waals surface area contributed by atoms with Crippen LogP contribution in [0.25, 0.3) is 0 Å². The molecule has 2 atom stereocenters. The lowest BCUT2D eigenvalue weighted by molar-refractivity contribution is 0.284. The predicted octanol–water partition coefficient (Wildman–Crippen LogP) is 2.74. The second kappa shape index (κ2) is 3.54. The number of hydrogen-bond donors (Lipinski definition) is 1. The van der Waals surface area contributed by atoms with Crippen LogP contribution in [0, 0.1) is 11.8 Å². The Morgan fingerprint density at radius 1 is 1.56 bits per heavy atom. The quantitative estimate of drug-likeness (QED) is 0.579. The standard InChI is InChI=1S/C8H16O/c1-5-6(2)7(3)8(4)9/h6-7,9H,4-5H2,1-3H3. The van der Waals surface area contributed by atoms with Gasteiger partial charge in [-0.25, -0.2) is 0 Å². The maximum atomic E-state index is 8.93. The number of aliphatic hydroxyl groups excluding tert-OH is 1. The zero-order valence-electron chi connectivity index (χ0n) is 6.52. The van der Waals surface area contributed by atoms with Gasteiger partial charge in [0.15, 0.2) is 0 Å². The van der Waals surface area contributed by atoms with Crippen molar-refractivity contribution in [2.45, 2.75) is 27.2 Å². The molecule has 1 N–H and O–H groups in total. The van der Waals surface area contributed by atoms with Crippen molar-refractivity contribution < 1.29 is 5.11 Å². The van der Waals surface area contributed by atoms with Crippen molar-refractivity contribution in [1.82, 2.24) is 0 Å². The van der Waals surface area contributed by atoms with Crippen LogP contribution in [0.4, 0.5) is 0 Å². The van der Waals surface area contributed by atoms with Crippen LogP contribution in [0.5, 0.6) is 0 Å². The number of rotatable bonds is 3. The summed E-state index contributed by atoms with van der Waals surface area (Å²) >= 11 is 0. The van der Waals surface area contributed by atoms with Crippen LogP contribution in [0.15, 0.2) is 12.3 Å². The summed E-state index contributed by atoms with van der Waals surface area (Å²) in [5, 5.41) is 8.93. The molecule has 0 bridgehead atoms. The van der Waals surface area contributed by atoms with E-state index in [9.17, 15) is 0 Å². The Bertz CT molecular complexity index is 96.7. The Kier molecular flexibility index (Phi) is 3.36. The molecule has 0 saturated heterocycles. The molecule has 0 aliphatic carbocycles. The highest BCUT2D eigenvalue weighted by atomic mass is 16.3. The van der Waals surface area contributed by atoms with E-state index in [0.717, 1.165) is 6.42 Å². The van der Waals surface area contributed by atoms with Crippen LogP contribution in [-0.2, 0) is 0 Å². The summed E-state index contributed by atoms with van der Waals surface area (Å²) in [6.45, 7) is 9.71. The van der Waals surface area contributed by atoms with E-state index >= 15 is 0 Å². The molecule has 0 saturated carbocycles. The lowest BCUT2D eigenvalue weighted by atomic mass is 9.92. The van der Waals surface area contributed by atoms with Crippen molar-refractivity contribution in [3.63, 3.8) is 0 Å². The van der Waals surface area contributed by atoms with Crippen LogP contribution < -0.4 is 0 Å². The van der Waals surface area contributed by atoms with E-state index in [1.807, 2.05) is 6.92 Å². The smallest absolute Gasteiger partial charge is 0.0881 e. The Morgan fingerprint density at radius 3 is 2.11 bits per heavy atom. The van der Waals surface area contributed by atoms with Gasteiger partial charge in [-0.2, -0.15) is 0 Å². The highest BCUT2D eigenvalue weighted by Gasteiger charge is 2.11. The maximum absolute atomic E-state index is 8.93. The molecule has 0 heterocycles. The molecule has 0 rings (SSSR count). The molecule has 0 fully saturated rings. The minimum absolute atomic E-state index is 0.245. The third-order valence-electron chi connectivity index (χ3n) is 2.02. The molecule has 54 valence electrons. The van der Waals surface area contributed by atoms with Crippen LogP contribution in [0.2, 0.25) is 0 Å². The van der Waals surface area contributed by atoms with Gasteiger partial charge in [0.2, 0.25) is 0 Å². The van der Waals surface area contributed by atoms with Crippen molar-refractivity contribution in [1.29, 1.82) is 0 Å². The number of hydrogen-bond acceptors (Lipinski definition) is 1. The van der Waals surface area contributed by atoms with E-state index < -0.39 is 0 Å². The van der Waals surface area contributed by atoms with Gasteiger partial charge in [-0.3, -0.25) is 0 Å². The van der Waals surface area contributed by atoms with Crippen LogP contribution in [-0.4, -0.2) is 5.11 Å². The van der Waals surface area contributed by atoms with Crippen molar-refractivity contribution >= 4 is 0 Å². The monoisotopic (exact) mass is 128 g/mol. The minimum atomic E-state index is 0.245. The second-order valence-electron chi connectivity index (χ2n) is 2.67. The van der Waals surface area contributed by atoms with Gasteiger partial charge in [0.1, 0.15) is 0 Å². The molecule has 0 aromatic carbocycles. The third-order valence-corrected chi connectivity index (χ3v) is 2.02. The molecule has 1 nitrogen and oxygen atoms in total. The van der Waals surface area contributed by atoms with E-state index in [0.29, 0.717) is 11.7 Å². The van der Waals surface area contributed by atoms with Crippen LogP contribution in [0.3, 0.4) is 0 Å². The lowest BCUT2D eigenvalue weighted by Crippen LogP contribution is -2.08. The zero-order chi connectivity index (χ0) is 7.44. The van der Waals surface area contributed by atoms with E-state index in [1.54, 1.807) is 0 Å². The van der Waals surface area contributed by atoms with Gasteiger partial charge in [0, 0.05) is 5.92 Å². The molecule has 0 amide bonds. The summed E-state index contributed by atoms with van der Waals surface area (Å²) in [6.07, 6.45) is 1.10. The predicted molar refractivity (Wildman–Crippen MR) is 40.4 cm³/mol. The molecule has 0 aromatic rings. The normalized spacial score (nSPS) is 16.8. The minimum Gasteiger partial charge on any atom is -0.513 e. The highest BCUT2D eigenvalue weighted by molar-refractivity contribution is 4.87. The molecule has 0 radical (unpaired) electrons. The Hall–Kier alpha value is -0.460. The van der Waals surface area contributed by atoms with Gasteiger partial charge in [-0.15, -0.1) is 0 Å². The summed E-state index contributed by atoms with van der Waals surface area (Å²) in [6, 6.07) is 0. The van der Waals surface area contributed by atoms with E-state index in [2.05, 4.69) is 20.4 Å². The molecule has 0 aliphatic heterocycles. The third kappa shape index (κ3) is 2.54. The Morgan fingerprint density at radius 2 is 2.00 bits per heavy atom. The summed E-state index contributed by atoms with van der Waals surface area (Å²) in [5.41, 5.74) is 0. The van der Waals surface area contributed by atoms with Gasteiger partial charge in [-0.05, 0) is 5.92 Å². The summed E-state index contributed by atoms with van der Waals surface area (Å²) in [4.78, 5) is 0. The molecule has 9 heavy (non-hydrogen) atoms. The average Bonchev–Trinajstić information content (AvgIpc) is 1.84. The lowest BCUT2D eigenvalue weighted by Gasteiger charge is -2.15. The summed E-state index contributed by atoms with van der Waals surface area (Å²) in [5.74, 6) is 1.10. The topological polar surface area (TPSA) is 20.2 Å². The Balaban J connectivity index is 3.72. The SMILES string of the molecule is C=C(O)C(C)C(C)CC. The first kappa shape index (κ1) is 8.54. The van der Waals surface area contributed by atoms with Crippen LogP contribution >= 0.6 is 0 Å². The van der Waals surface area contributed by atoms with Crippen LogP contribution in [0.1, 0.15) is 27.2 Å². The fraction of sp³-hybridized carbons (Fsp3) is 0.750. The first-order valence-corrected chi connectivity index (χ1v) is 3.47. The first-order valence-electron chi connectivity index (χ1n) is 3.47.